The van der Waals surface area contributed by atoms with E-state index in [2.05, 4.69) is 394 Å². The molecule has 0 saturated carbocycles. The van der Waals surface area contributed by atoms with Crippen molar-refractivity contribution in [1.29, 1.82) is 0 Å². The molecule has 24 rings (SSSR count). The van der Waals surface area contributed by atoms with Gasteiger partial charge in [0.25, 0.3) is 0 Å². The Hall–Kier alpha value is -14.7. The Labute approximate surface area is 631 Å². The summed E-state index contributed by atoms with van der Waals surface area (Å²) < 4.78 is 22.5. The van der Waals surface area contributed by atoms with E-state index in [-0.39, 0.29) is 0 Å². The van der Waals surface area contributed by atoms with Crippen LogP contribution in [-0.2, 0) is 0 Å². The average molecular weight is 1400 g/mol. The second kappa shape index (κ2) is 24.4. The van der Waals surface area contributed by atoms with E-state index in [1.165, 1.54) is 143 Å². The second-order valence-corrected chi connectivity index (χ2v) is 29.1. The predicted octanol–water partition coefficient (Wildman–Crippen LogP) is 28.5. The standard InChI is InChI=1S/2C52H32N2O/c1-2-11-33(12-3-1)34-21-25-38(26-22-34)53-48-27-23-37(30-43(48)44-32-52-45(31-50(44)53)41-17-7-9-20-51(41)55-52)36-24-28-49-42(29-36)40-16-6-8-18-47(40)54(49)46-19-10-14-35-13-4-5-15-39(35)46;1-2-11-33(12-3-1)34-21-25-38(26-22-34)53-48-27-23-37(30-43(48)44-31-45-41-17-7-9-20-51(41)55-52(45)32-50(44)53)36-24-28-49-42(29-36)40-16-6-8-18-47(40)54(49)46-19-10-14-35-13-4-5-15-39(35)46/h2*1-32H. The molecule has 0 saturated heterocycles. The molecule has 0 aliphatic carbocycles. The summed E-state index contributed by atoms with van der Waals surface area (Å²) in [6.07, 6.45) is 0. The lowest BCUT2D eigenvalue weighted by Gasteiger charge is -2.12. The first-order valence-electron chi connectivity index (χ1n) is 37.7. The Balaban J connectivity index is 0.000000132. The smallest absolute Gasteiger partial charge is 0.137 e. The van der Waals surface area contributed by atoms with Crippen LogP contribution in [0.4, 0.5) is 0 Å². The van der Waals surface area contributed by atoms with E-state index in [4.69, 9.17) is 8.83 Å². The van der Waals surface area contributed by atoms with E-state index in [1.807, 2.05) is 12.1 Å². The van der Waals surface area contributed by atoms with Gasteiger partial charge < -0.3 is 27.1 Å². The maximum atomic E-state index is 6.45. The predicted molar refractivity (Wildman–Crippen MR) is 462 cm³/mol. The Morgan fingerprint density at radius 3 is 0.918 bits per heavy atom. The first-order valence-corrected chi connectivity index (χ1v) is 37.7. The second-order valence-electron chi connectivity index (χ2n) is 29.1. The highest BCUT2D eigenvalue weighted by molar-refractivity contribution is 6.21. The highest BCUT2D eigenvalue weighted by Crippen LogP contribution is 2.46. The molecule has 0 radical (unpaired) electrons. The minimum absolute atomic E-state index is 0.895. The van der Waals surface area contributed by atoms with Gasteiger partial charge in [-0.2, -0.15) is 0 Å². The fourth-order valence-corrected chi connectivity index (χ4v) is 17.9. The van der Waals surface area contributed by atoms with E-state index in [9.17, 15) is 0 Å². The molecule has 0 amide bonds. The summed E-state index contributed by atoms with van der Waals surface area (Å²) in [5.41, 5.74) is 27.2. The highest BCUT2D eigenvalue weighted by Gasteiger charge is 2.23. The van der Waals surface area contributed by atoms with Crippen molar-refractivity contribution in [3.8, 4) is 67.3 Å². The molecule has 0 spiro atoms. The first kappa shape index (κ1) is 61.6. The molecule has 0 unspecified atom stereocenters. The molecule has 0 bridgehead atoms. The molecule has 0 aliphatic rings. The van der Waals surface area contributed by atoms with Crippen molar-refractivity contribution >= 4 is 153 Å². The van der Waals surface area contributed by atoms with Crippen molar-refractivity contribution in [3.05, 3.63) is 388 Å². The van der Waals surface area contributed by atoms with E-state index < -0.39 is 0 Å². The summed E-state index contributed by atoms with van der Waals surface area (Å²) in [5.74, 6) is 0. The Morgan fingerprint density at radius 1 is 0.145 bits per heavy atom. The van der Waals surface area contributed by atoms with Crippen LogP contribution in [0, 0.1) is 0 Å². The topological polar surface area (TPSA) is 46.0 Å². The third-order valence-electron chi connectivity index (χ3n) is 23.0. The largest absolute Gasteiger partial charge is 0.456 e. The minimum Gasteiger partial charge on any atom is -0.456 e. The molecule has 18 aromatic carbocycles. The van der Waals surface area contributed by atoms with Crippen LogP contribution in [-0.4, -0.2) is 18.3 Å². The number of rotatable bonds is 8. The number of aromatic nitrogens is 4. The molecule has 6 heterocycles. The zero-order valence-electron chi connectivity index (χ0n) is 59.6. The Bertz CT molecular complexity index is 7860. The van der Waals surface area contributed by atoms with Crippen molar-refractivity contribution in [2.24, 2.45) is 0 Å². The lowest BCUT2D eigenvalue weighted by Crippen LogP contribution is -1.95. The summed E-state index contributed by atoms with van der Waals surface area (Å²) in [5, 5.41) is 19.3. The van der Waals surface area contributed by atoms with Crippen LogP contribution in [0.1, 0.15) is 0 Å². The zero-order valence-corrected chi connectivity index (χ0v) is 59.6. The van der Waals surface area contributed by atoms with Gasteiger partial charge in [0.15, 0.2) is 0 Å². The van der Waals surface area contributed by atoms with Gasteiger partial charge in [-0.3, -0.25) is 0 Å². The summed E-state index contributed by atoms with van der Waals surface area (Å²) in [6.45, 7) is 0. The molecule has 6 aromatic heterocycles. The highest BCUT2D eigenvalue weighted by atomic mass is 16.3. The number of nitrogens with zero attached hydrogens (tertiary/aromatic N) is 4. The van der Waals surface area contributed by atoms with E-state index >= 15 is 0 Å². The summed E-state index contributed by atoms with van der Waals surface area (Å²) in [4.78, 5) is 0. The van der Waals surface area contributed by atoms with Crippen molar-refractivity contribution < 1.29 is 8.83 Å². The monoisotopic (exact) mass is 1400 g/mol. The van der Waals surface area contributed by atoms with Crippen molar-refractivity contribution in [2.75, 3.05) is 0 Å². The maximum Gasteiger partial charge on any atom is 0.137 e. The van der Waals surface area contributed by atoms with Gasteiger partial charge in [0.2, 0.25) is 0 Å². The van der Waals surface area contributed by atoms with Gasteiger partial charge in [0.1, 0.15) is 22.3 Å². The number of para-hydroxylation sites is 4. The fourth-order valence-electron chi connectivity index (χ4n) is 17.9. The number of hydrogen-bond donors (Lipinski definition) is 0. The molecular weight excluding hydrogens is 1340 g/mol. The van der Waals surface area contributed by atoms with Gasteiger partial charge >= 0.3 is 0 Å². The lowest BCUT2D eigenvalue weighted by molar-refractivity contribution is 0.669. The minimum atomic E-state index is 0.895. The molecule has 24 aromatic rings. The molecule has 6 heteroatoms. The molecular formula is C104H64N4O2. The molecule has 6 nitrogen and oxygen atoms in total. The van der Waals surface area contributed by atoms with E-state index in [1.54, 1.807) is 0 Å². The average Bonchev–Trinajstić information content (AvgIpc) is 1.59. The SMILES string of the molecule is c1ccc(-c2ccc(-n3c4ccc(-c5ccc6c(c5)c5ccccc5n6-c5cccc6ccccc56)cc4c4cc5c(cc43)oc3ccccc35)cc2)cc1.c1ccc(-c2ccc(-n3c4ccc(-c5ccc6c(c5)c5ccccc5n6-c5cccc6ccccc56)cc4c4cc5oc6ccccc6c5cc43)cc2)cc1. The summed E-state index contributed by atoms with van der Waals surface area (Å²) in [7, 11) is 0. The van der Waals surface area contributed by atoms with Crippen LogP contribution >= 0.6 is 0 Å². The van der Waals surface area contributed by atoms with Crippen molar-refractivity contribution in [2.45, 2.75) is 0 Å². The molecule has 512 valence electrons. The molecule has 0 aliphatic heterocycles. The quantitative estimate of drug-likeness (QED) is 0.152. The number of benzene rings is 18. The fraction of sp³-hybridized carbons (Fsp3) is 0. The molecule has 0 fully saturated rings. The lowest BCUT2D eigenvalue weighted by atomic mass is 10.00. The third kappa shape index (κ3) is 9.62. The number of furan rings is 2. The van der Waals surface area contributed by atoms with Gasteiger partial charge in [-0.1, -0.05) is 255 Å². The van der Waals surface area contributed by atoms with Gasteiger partial charge in [-0.25, -0.2) is 0 Å². The van der Waals surface area contributed by atoms with Crippen molar-refractivity contribution in [3.63, 3.8) is 0 Å². The Morgan fingerprint density at radius 2 is 0.455 bits per heavy atom. The van der Waals surface area contributed by atoms with Gasteiger partial charge in [-0.05, 0) is 183 Å². The normalized spacial score (nSPS) is 12.0. The summed E-state index contributed by atoms with van der Waals surface area (Å²) in [6, 6.07) is 141. The van der Waals surface area contributed by atoms with Gasteiger partial charge in [0, 0.05) is 92.8 Å². The zero-order chi connectivity index (χ0) is 72.1. The maximum absolute atomic E-state index is 6.45. The summed E-state index contributed by atoms with van der Waals surface area (Å²) >= 11 is 0. The number of fused-ring (bicyclic) bond motifs is 20. The van der Waals surface area contributed by atoms with Crippen LogP contribution in [0.15, 0.2) is 397 Å². The first-order chi connectivity index (χ1) is 54.5. The van der Waals surface area contributed by atoms with Crippen molar-refractivity contribution in [1.82, 2.24) is 18.3 Å². The van der Waals surface area contributed by atoms with Crippen LogP contribution in [0.25, 0.3) is 220 Å². The van der Waals surface area contributed by atoms with E-state index in [0.29, 0.717) is 0 Å². The van der Waals surface area contributed by atoms with Crippen LogP contribution in [0.5, 0.6) is 0 Å². The van der Waals surface area contributed by atoms with E-state index in [0.717, 1.165) is 77.3 Å². The van der Waals surface area contributed by atoms with Crippen LogP contribution in [0.3, 0.4) is 0 Å². The van der Waals surface area contributed by atoms with Gasteiger partial charge in [0.05, 0.1) is 55.5 Å². The Kier molecular flexibility index (Phi) is 13.7. The third-order valence-corrected chi connectivity index (χ3v) is 23.0. The van der Waals surface area contributed by atoms with Gasteiger partial charge in [-0.15, -0.1) is 0 Å². The molecule has 0 atom stereocenters. The molecule has 110 heavy (non-hydrogen) atoms. The van der Waals surface area contributed by atoms with Crippen LogP contribution < -0.4 is 0 Å². The van der Waals surface area contributed by atoms with Crippen LogP contribution in [0.2, 0.25) is 0 Å². The molecule has 0 N–H and O–H groups in total. The number of hydrogen-bond acceptors (Lipinski definition) is 2.